The molecule has 1 heterocycles. The third kappa shape index (κ3) is 6.51. The van der Waals surface area contributed by atoms with Gasteiger partial charge in [0.15, 0.2) is 15.8 Å². The van der Waals surface area contributed by atoms with Crippen LogP contribution in [0.4, 0.5) is 0 Å². The lowest BCUT2D eigenvalue weighted by Gasteiger charge is -2.21. The number of likely N-dealkylation sites (tertiary alicyclic amines) is 1. The van der Waals surface area contributed by atoms with Crippen molar-refractivity contribution in [1.29, 1.82) is 0 Å². The lowest BCUT2D eigenvalue weighted by Crippen LogP contribution is -2.41. The van der Waals surface area contributed by atoms with Crippen LogP contribution < -0.4 is 5.32 Å². The summed E-state index contributed by atoms with van der Waals surface area (Å²) in [6, 6.07) is 17.7. The van der Waals surface area contributed by atoms with Crippen molar-refractivity contribution in [2.75, 3.05) is 38.7 Å². The van der Waals surface area contributed by atoms with Crippen LogP contribution in [-0.2, 0) is 16.3 Å². The maximum absolute atomic E-state index is 11.6. The van der Waals surface area contributed by atoms with Gasteiger partial charge < -0.3 is 10.2 Å². The van der Waals surface area contributed by atoms with Crippen molar-refractivity contribution in [1.82, 2.24) is 10.2 Å². The van der Waals surface area contributed by atoms with Gasteiger partial charge in [0.1, 0.15) is 0 Å². The fraction of sp³-hybridized carbons (Fsp3) is 0.409. The highest BCUT2D eigenvalue weighted by Crippen LogP contribution is 2.25. The zero-order valence-corrected chi connectivity index (χ0v) is 18.7. The standard InChI is InChI=1S/C22H29N3O2S2/c1-23-22(24-14-12-18-8-10-21(11-9-18)29(2,26)27)25-15-13-19(16-25)17-28-20-6-4-3-5-7-20/h3-11,19H,12-17H2,1-2H3,(H,23,24). The number of hydrogen-bond donors (Lipinski definition) is 1. The van der Waals surface area contributed by atoms with Gasteiger partial charge in [-0.2, -0.15) is 0 Å². The van der Waals surface area contributed by atoms with Gasteiger partial charge in [-0.25, -0.2) is 8.42 Å². The van der Waals surface area contributed by atoms with E-state index in [0.29, 0.717) is 10.8 Å². The fourth-order valence-corrected chi connectivity index (χ4v) is 5.13. The summed E-state index contributed by atoms with van der Waals surface area (Å²) in [5.41, 5.74) is 1.11. The predicted octanol–water partition coefficient (Wildman–Crippen LogP) is 3.32. The molecule has 0 aromatic heterocycles. The SMILES string of the molecule is CN=C(NCCc1ccc(S(C)(=O)=O)cc1)N1CCC(CSc2ccccc2)C1. The van der Waals surface area contributed by atoms with Crippen LogP contribution in [0.1, 0.15) is 12.0 Å². The van der Waals surface area contributed by atoms with Crippen LogP contribution in [-0.4, -0.2) is 58.0 Å². The average Bonchev–Trinajstić information content (AvgIpc) is 3.19. The Morgan fingerprint density at radius 2 is 1.90 bits per heavy atom. The van der Waals surface area contributed by atoms with Crippen molar-refractivity contribution in [3.8, 4) is 0 Å². The van der Waals surface area contributed by atoms with Crippen molar-refractivity contribution in [3.05, 3.63) is 60.2 Å². The number of hydrogen-bond acceptors (Lipinski definition) is 4. The molecule has 3 rings (SSSR count). The van der Waals surface area contributed by atoms with E-state index in [9.17, 15) is 8.42 Å². The summed E-state index contributed by atoms with van der Waals surface area (Å²) in [5, 5.41) is 3.45. The van der Waals surface area contributed by atoms with Gasteiger partial charge in [-0.3, -0.25) is 4.99 Å². The summed E-state index contributed by atoms with van der Waals surface area (Å²) in [6.45, 7) is 2.83. The molecule has 1 saturated heterocycles. The van der Waals surface area contributed by atoms with Gasteiger partial charge >= 0.3 is 0 Å². The van der Waals surface area contributed by atoms with Gasteiger partial charge in [0.25, 0.3) is 0 Å². The maximum atomic E-state index is 11.6. The Morgan fingerprint density at radius 1 is 1.17 bits per heavy atom. The predicted molar refractivity (Wildman–Crippen MR) is 121 cm³/mol. The lowest BCUT2D eigenvalue weighted by molar-refractivity contribution is 0.475. The first kappa shape index (κ1) is 21.7. The first-order chi connectivity index (χ1) is 14.0. The maximum Gasteiger partial charge on any atom is 0.193 e. The van der Waals surface area contributed by atoms with Gasteiger partial charge in [0, 0.05) is 43.6 Å². The molecule has 5 nitrogen and oxygen atoms in total. The fourth-order valence-electron chi connectivity index (χ4n) is 3.45. The summed E-state index contributed by atoms with van der Waals surface area (Å²) in [7, 11) is -1.31. The minimum absolute atomic E-state index is 0.362. The van der Waals surface area contributed by atoms with Crippen LogP contribution in [0.15, 0.2) is 69.4 Å². The van der Waals surface area contributed by atoms with Crippen molar-refractivity contribution >= 4 is 27.6 Å². The van der Waals surface area contributed by atoms with Crippen LogP contribution in [0.3, 0.4) is 0 Å². The second kappa shape index (κ2) is 10.2. The molecule has 7 heteroatoms. The number of thioether (sulfide) groups is 1. The molecule has 1 aliphatic rings. The van der Waals surface area contributed by atoms with Gasteiger partial charge in [-0.1, -0.05) is 30.3 Å². The Bertz CT molecular complexity index is 913. The highest BCUT2D eigenvalue weighted by Gasteiger charge is 2.24. The van der Waals surface area contributed by atoms with E-state index in [0.717, 1.165) is 43.3 Å². The van der Waals surface area contributed by atoms with Crippen LogP contribution >= 0.6 is 11.8 Å². The van der Waals surface area contributed by atoms with E-state index in [-0.39, 0.29) is 0 Å². The van der Waals surface area contributed by atoms with Crippen molar-refractivity contribution in [3.63, 3.8) is 0 Å². The summed E-state index contributed by atoms with van der Waals surface area (Å²) >= 11 is 1.93. The van der Waals surface area contributed by atoms with Crippen LogP contribution in [0.25, 0.3) is 0 Å². The van der Waals surface area contributed by atoms with Crippen molar-refractivity contribution < 1.29 is 8.42 Å². The normalized spacial score (nSPS) is 17.5. The Kier molecular flexibility index (Phi) is 7.61. The molecule has 156 valence electrons. The minimum atomic E-state index is -3.14. The molecule has 0 amide bonds. The van der Waals surface area contributed by atoms with Gasteiger partial charge in [-0.15, -0.1) is 11.8 Å². The number of guanidine groups is 1. The molecule has 29 heavy (non-hydrogen) atoms. The van der Waals surface area contributed by atoms with E-state index in [2.05, 4.69) is 45.5 Å². The van der Waals surface area contributed by atoms with Gasteiger partial charge in [0.2, 0.25) is 0 Å². The summed E-state index contributed by atoms with van der Waals surface area (Å²) in [6.07, 6.45) is 3.24. The van der Waals surface area contributed by atoms with E-state index in [1.165, 1.54) is 17.6 Å². The second-order valence-electron chi connectivity index (χ2n) is 7.36. The quantitative estimate of drug-likeness (QED) is 0.414. The molecule has 1 N–H and O–H groups in total. The molecule has 2 aromatic carbocycles. The summed E-state index contributed by atoms with van der Waals surface area (Å²) in [5.74, 6) is 2.75. The third-order valence-corrected chi connectivity index (χ3v) is 7.45. The molecule has 0 radical (unpaired) electrons. The minimum Gasteiger partial charge on any atom is -0.356 e. The number of sulfone groups is 1. The molecule has 0 aliphatic carbocycles. The van der Waals surface area contributed by atoms with Gasteiger partial charge in [-0.05, 0) is 48.6 Å². The average molecular weight is 432 g/mol. The lowest BCUT2D eigenvalue weighted by atomic mass is 10.1. The Morgan fingerprint density at radius 3 is 2.55 bits per heavy atom. The van der Waals surface area contributed by atoms with E-state index in [1.54, 1.807) is 12.1 Å². The Hall–Kier alpha value is -1.99. The Balaban J connectivity index is 1.43. The number of benzene rings is 2. The molecule has 0 saturated carbocycles. The molecular formula is C22H29N3O2S2. The van der Waals surface area contributed by atoms with Gasteiger partial charge in [0.05, 0.1) is 4.90 Å². The van der Waals surface area contributed by atoms with E-state index in [4.69, 9.17) is 0 Å². The largest absolute Gasteiger partial charge is 0.356 e. The van der Waals surface area contributed by atoms with Crippen molar-refractivity contribution in [2.45, 2.75) is 22.6 Å². The third-order valence-electron chi connectivity index (χ3n) is 5.07. The highest BCUT2D eigenvalue weighted by molar-refractivity contribution is 7.99. The van der Waals surface area contributed by atoms with Crippen LogP contribution in [0, 0.1) is 5.92 Å². The second-order valence-corrected chi connectivity index (χ2v) is 10.5. The highest BCUT2D eigenvalue weighted by atomic mass is 32.2. The monoisotopic (exact) mass is 431 g/mol. The van der Waals surface area contributed by atoms with Crippen LogP contribution in [0.5, 0.6) is 0 Å². The first-order valence-corrected chi connectivity index (χ1v) is 12.8. The number of nitrogens with one attached hydrogen (secondary N) is 1. The van der Waals surface area contributed by atoms with E-state index >= 15 is 0 Å². The zero-order valence-electron chi connectivity index (χ0n) is 17.0. The smallest absolute Gasteiger partial charge is 0.193 e. The molecule has 1 atom stereocenters. The zero-order chi connectivity index (χ0) is 20.7. The number of rotatable bonds is 7. The number of nitrogens with zero attached hydrogens (tertiary/aromatic N) is 2. The first-order valence-electron chi connectivity index (χ1n) is 9.88. The molecule has 1 fully saturated rings. The Labute approximate surface area is 178 Å². The van der Waals surface area contributed by atoms with E-state index < -0.39 is 9.84 Å². The van der Waals surface area contributed by atoms with Crippen molar-refractivity contribution in [2.24, 2.45) is 10.9 Å². The molecule has 0 spiro atoms. The molecule has 1 aliphatic heterocycles. The molecule has 0 bridgehead atoms. The summed E-state index contributed by atoms with van der Waals surface area (Å²) < 4.78 is 23.1. The molecular weight excluding hydrogens is 402 g/mol. The molecule has 1 unspecified atom stereocenters. The van der Waals surface area contributed by atoms with Crippen LogP contribution in [0.2, 0.25) is 0 Å². The molecule has 2 aromatic rings. The number of aliphatic imine (C=N–C) groups is 1. The summed E-state index contributed by atoms with van der Waals surface area (Å²) in [4.78, 5) is 8.47. The van der Waals surface area contributed by atoms with E-state index in [1.807, 2.05) is 30.9 Å². The topological polar surface area (TPSA) is 61.8 Å².